The van der Waals surface area contributed by atoms with Gasteiger partial charge in [0.1, 0.15) is 10.8 Å². The Kier molecular flexibility index (Phi) is 6.04. The van der Waals surface area contributed by atoms with E-state index in [2.05, 4.69) is 10.3 Å². The molecular weight excluding hydrogens is 411 g/mol. The third kappa shape index (κ3) is 5.02. The molecule has 0 fully saturated rings. The summed E-state index contributed by atoms with van der Waals surface area (Å²) in [6.45, 7) is 3.98. The highest BCUT2D eigenvalue weighted by Crippen LogP contribution is 2.32. The molecule has 8 heteroatoms. The summed E-state index contributed by atoms with van der Waals surface area (Å²) in [5.41, 5.74) is 2.25. The summed E-state index contributed by atoms with van der Waals surface area (Å²) < 4.78 is 37.6. The lowest BCUT2D eigenvalue weighted by Crippen LogP contribution is -2.15. The van der Waals surface area contributed by atoms with Crippen LogP contribution < -0.4 is 5.32 Å². The van der Waals surface area contributed by atoms with Gasteiger partial charge in [-0.2, -0.15) is 0 Å². The molecule has 0 aliphatic rings. The van der Waals surface area contributed by atoms with Crippen molar-refractivity contribution in [3.8, 4) is 0 Å². The maximum atomic E-state index is 14.1. The predicted octanol–water partition coefficient (Wildman–Crippen LogP) is 4.64. The summed E-state index contributed by atoms with van der Waals surface area (Å²) in [6, 6.07) is 12.5. The second-order valence-electron chi connectivity index (χ2n) is 6.60. The molecule has 5 nitrogen and oxygen atoms in total. The molecule has 0 aliphatic heterocycles. The summed E-state index contributed by atoms with van der Waals surface area (Å²) in [6.07, 6.45) is 2.60. The third-order valence-electron chi connectivity index (χ3n) is 4.17. The molecule has 3 rings (SSSR count). The van der Waals surface area contributed by atoms with Gasteiger partial charge in [-0.25, -0.2) is 17.8 Å². The van der Waals surface area contributed by atoms with Gasteiger partial charge in [-0.15, -0.1) is 0 Å². The van der Waals surface area contributed by atoms with Crippen LogP contribution in [0.5, 0.6) is 0 Å². The van der Waals surface area contributed by atoms with Gasteiger partial charge in [-0.05, 0) is 55.8 Å². The van der Waals surface area contributed by atoms with Crippen molar-refractivity contribution in [3.05, 3.63) is 77.2 Å². The minimum absolute atomic E-state index is 0.0785. The van der Waals surface area contributed by atoms with Crippen molar-refractivity contribution >= 4 is 33.2 Å². The fourth-order valence-electron chi connectivity index (χ4n) is 2.68. The number of hydrogen-bond donors (Lipinski definition) is 1. The van der Waals surface area contributed by atoms with E-state index < -0.39 is 21.6 Å². The van der Waals surface area contributed by atoms with Crippen molar-refractivity contribution in [2.24, 2.45) is 0 Å². The zero-order valence-corrected chi connectivity index (χ0v) is 17.7. The van der Waals surface area contributed by atoms with E-state index in [0.717, 1.165) is 40.5 Å². The van der Waals surface area contributed by atoms with Gasteiger partial charge in [-0.1, -0.05) is 29.5 Å². The highest BCUT2D eigenvalue weighted by atomic mass is 32.2. The minimum atomic E-state index is -3.53. The van der Waals surface area contributed by atoms with Crippen LogP contribution in [-0.2, 0) is 9.84 Å². The second kappa shape index (κ2) is 8.34. The predicted molar refractivity (Wildman–Crippen MR) is 112 cm³/mol. The van der Waals surface area contributed by atoms with Crippen LogP contribution >= 0.6 is 11.8 Å². The molecule has 1 aromatic heterocycles. The van der Waals surface area contributed by atoms with E-state index in [1.165, 1.54) is 11.8 Å². The number of hydrogen-bond acceptors (Lipinski definition) is 5. The number of pyridine rings is 1. The van der Waals surface area contributed by atoms with Crippen molar-refractivity contribution in [2.75, 3.05) is 11.6 Å². The number of benzene rings is 2. The van der Waals surface area contributed by atoms with E-state index in [-0.39, 0.29) is 16.1 Å². The number of aryl methyl sites for hydroxylation is 2. The smallest absolute Gasteiger partial charge is 0.258 e. The summed E-state index contributed by atoms with van der Waals surface area (Å²) in [5, 5.41) is 2.93. The Balaban J connectivity index is 1.91. The lowest BCUT2D eigenvalue weighted by atomic mass is 10.2. The number of carbonyl (C=O) groups excluding carboxylic acids is 1. The number of nitrogens with zero attached hydrogens (tertiary/aromatic N) is 1. The van der Waals surface area contributed by atoms with Crippen molar-refractivity contribution in [1.82, 2.24) is 4.98 Å². The fraction of sp³-hybridized carbons (Fsp3) is 0.143. The lowest BCUT2D eigenvalue weighted by molar-refractivity contribution is 0.102. The highest BCUT2D eigenvalue weighted by molar-refractivity contribution is 7.99. The summed E-state index contributed by atoms with van der Waals surface area (Å²) >= 11 is 1.34. The first kappa shape index (κ1) is 21.0. The number of nitrogens with one attached hydrogen (secondary N) is 1. The van der Waals surface area contributed by atoms with Gasteiger partial charge in [0.15, 0.2) is 9.84 Å². The number of anilines is 1. The zero-order valence-electron chi connectivity index (χ0n) is 16.1. The Morgan fingerprint density at radius 2 is 1.86 bits per heavy atom. The van der Waals surface area contributed by atoms with Crippen LogP contribution in [0.15, 0.2) is 69.5 Å². The van der Waals surface area contributed by atoms with E-state index in [0.29, 0.717) is 5.03 Å². The van der Waals surface area contributed by atoms with Crippen molar-refractivity contribution in [3.63, 3.8) is 0 Å². The molecule has 0 atom stereocenters. The molecule has 1 amide bonds. The topological polar surface area (TPSA) is 76.1 Å². The first-order valence-electron chi connectivity index (χ1n) is 8.66. The molecule has 0 unspecified atom stereocenters. The van der Waals surface area contributed by atoms with Gasteiger partial charge < -0.3 is 5.32 Å². The zero-order chi connectivity index (χ0) is 21.2. The first-order valence-corrected chi connectivity index (χ1v) is 11.4. The molecule has 0 spiro atoms. The molecule has 0 saturated heterocycles. The normalized spacial score (nSPS) is 11.3. The number of rotatable bonds is 5. The van der Waals surface area contributed by atoms with Crippen molar-refractivity contribution < 1.29 is 17.6 Å². The SMILES string of the molecule is Cc1ccc(Sc2ncccc2C(=O)Nc2cc(S(C)(=O)=O)ccc2F)c(C)c1. The Hall–Kier alpha value is -2.71. The standard InChI is InChI=1S/C21H19FN2O3S2/c1-13-6-9-19(14(2)11-13)28-21-16(5-4-10-23-21)20(25)24-18-12-15(29(3,26)27)7-8-17(18)22/h4-12H,1-3H3,(H,24,25). The largest absolute Gasteiger partial charge is 0.319 e. The average Bonchev–Trinajstić information content (AvgIpc) is 2.65. The van der Waals surface area contributed by atoms with Gasteiger partial charge in [-0.3, -0.25) is 4.79 Å². The van der Waals surface area contributed by atoms with E-state index in [4.69, 9.17) is 0 Å². The number of halogens is 1. The molecule has 29 heavy (non-hydrogen) atoms. The van der Waals surface area contributed by atoms with Crippen LogP contribution in [-0.4, -0.2) is 25.6 Å². The average molecular weight is 431 g/mol. The van der Waals surface area contributed by atoms with Gasteiger partial charge in [0, 0.05) is 17.3 Å². The van der Waals surface area contributed by atoms with E-state index >= 15 is 0 Å². The lowest BCUT2D eigenvalue weighted by Gasteiger charge is -2.12. The van der Waals surface area contributed by atoms with E-state index in [1.807, 2.05) is 32.0 Å². The summed E-state index contributed by atoms with van der Waals surface area (Å²) in [4.78, 5) is 18.0. The van der Waals surface area contributed by atoms with Crippen LogP contribution in [0.3, 0.4) is 0 Å². The van der Waals surface area contributed by atoms with Crippen LogP contribution in [0, 0.1) is 19.7 Å². The molecule has 0 radical (unpaired) electrons. The Labute approximate surface area is 173 Å². The molecule has 2 aromatic carbocycles. The summed E-state index contributed by atoms with van der Waals surface area (Å²) in [5.74, 6) is -1.30. The van der Waals surface area contributed by atoms with Gasteiger partial charge >= 0.3 is 0 Å². The molecule has 1 N–H and O–H groups in total. The molecular formula is C21H19FN2O3S2. The molecule has 0 bridgehead atoms. The number of aromatic nitrogens is 1. The summed E-state index contributed by atoms with van der Waals surface area (Å²) in [7, 11) is -3.53. The second-order valence-corrected chi connectivity index (χ2v) is 9.64. The maximum absolute atomic E-state index is 14.1. The van der Waals surface area contributed by atoms with Crippen LogP contribution in [0.25, 0.3) is 0 Å². The molecule has 150 valence electrons. The van der Waals surface area contributed by atoms with Crippen LogP contribution in [0.2, 0.25) is 0 Å². The van der Waals surface area contributed by atoms with Crippen LogP contribution in [0.1, 0.15) is 21.5 Å². The Morgan fingerprint density at radius 1 is 1.10 bits per heavy atom. The quantitative estimate of drug-likeness (QED) is 0.597. The molecule has 3 aromatic rings. The van der Waals surface area contributed by atoms with E-state index in [1.54, 1.807) is 18.3 Å². The molecule has 0 aliphatic carbocycles. The fourth-order valence-corrected chi connectivity index (χ4v) is 4.28. The minimum Gasteiger partial charge on any atom is -0.319 e. The Morgan fingerprint density at radius 3 is 2.55 bits per heavy atom. The van der Waals surface area contributed by atoms with E-state index in [9.17, 15) is 17.6 Å². The molecule has 1 heterocycles. The monoisotopic (exact) mass is 430 g/mol. The van der Waals surface area contributed by atoms with Gasteiger partial charge in [0.2, 0.25) is 0 Å². The maximum Gasteiger partial charge on any atom is 0.258 e. The highest BCUT2D eigenvalue weighted by Gasteiger charge is 2.18. The molecule has 0 saturated carbocycles. The first-order chi connectivity index (χ1) is 13.6. The van der Waals surface area contributed by atoms with Crippen LogP contribution in [0.4, 0.5) is 10.1 Å². The van der Waals surface area contributed by atoms with Crippen molar-refractivity contribution in [1.29, 1.82) is 0 Å². The van der Waals surface area contributed by atoms with Crippen molar-refractivity contribution in [2.45, 2.75) is 28.7 Å². The number of carbonyl (C=O) groups is 1. The van der Waals surface area contributed by atoms with Gasteiger partial charge in [0.05, 0.1) is 16.1 Å². The Bertz CT molecular complexity index is 1190. The number of amides is 1. The van der Waals surface area contributed by atoms with Gasteiger partial charge in [0.25, 0.3) is 5.91 Å². The number of sulfone groups is 1. The third-order valence-corrected chi connectivity index (χ3v) is 6.47.